The lowest BCUT2D eigenvalue weighted by molar-refractivity contribution is -0.141. The van der Waals surface area contributed by atoms with Gasteiger partial charge in [-0.05, 0) is 0 Å². The summed E-state index contributed by atoms with van der Waals surface area (Å²) in [4.78, 5) is 20.4. The van der Waals surface area contributed by atoms with Crippen LogP contribution in [0.25, 0.3) is 0 Å². The third kappa shape index (κ3) is 3.85. The third-order valence-corrected chi connectivity index (χ3v) is 1.20. The van der Waals surface area contributed by atoms with Crippen molar-refractivity contribution in [1.82, 2.24) is 5.32 Å². The predicted octanol–water partition coefficient (Wildman–Crippen LogP) is 0.0884. The van der Waals surface area contributed by atoms with Crippen molar-refractivity contribution in [1.29, 1.82) is 0 Å². The molecule has 0 saturated heterocycles. The molecule has 6 heteroatoms. The van der Waals surface area contributed by atoms with E-state index >= 15 is 0 Å². The number of carboxylic acid groups (broad SMARTS) is 1. The Kier molecular flexibility index (Phi) is 4.17. The maximum absolute atomic E-state index is 11.5. The van der Waals surface area contributed by atoms with Gasteiger partial charge in [0, 0.05) is 6.54 Å². The van der Waals surface area contributed by atoms with Gasteiger partial charge in [0.05, 0.1) is 5.92 Å². The first-order valence-corrected chi connectivity index (χ1v) is 3.23. The maximum atomic E-state index is 11.5. The van der Waals surface area contributed by atoms with E-state index in [0.29, 0.717) is 0 Å². The van der Waals surface area contributed by atoms with Gasteiger partial charge in [0.25, 0.3) is 5.91 Å². The monoisotopic (exact) mass is 181 g/mol. The highest BCUT2D eigenvalue weighted by Crippen LogP contribution is 1.94. The van der Waals surface area contributed by atoms with E-state index in [4.69, 9.17) is 5.11 Å². The van der Waals surface area contributed by atoms with Gasteiger partial charge in [-0.3, -0.25) is 9.59 Å². The Morgan fingerprint density at radius 2 is 2.00 bits per heavy atom. The zero-order valence-electron chi connectivity index (χ0n) is 6.38. The van der Waals surface area contributed by atoms with Crippen LogP contribution in [0.1, 0.15) is 6.92 Å². The van der Waals surface area contributed by atoms with E-state index in [0.717, 1.165) is 0 Å². The van der Waals surface area contributed by atoms with Crippen molar-refractivity contribution in [3.8, 4) is 0 Å². The summed E-state index contributed by atoms with van der Waals surface area (Å²) in [6.45, 7) is 1.03. The summed E-state index contributed by atoms with van der Waals surface area (Å²) in [6, 6.07) is 0. The largest absolute Gasteiger partial charge is 0.481 e. The lowest BCUT2D eigenvalue weighted by Gasteiger charge is -2.06. The topological polar surface area (TPSA) is 66.4 Å². The van der Waals surface area contributed by atoms with E-state index < -0.39 is 24.2 Å². The van der Waals surface area contributed by atoms with Crippen LogP contribution in [0, 0.1) is 5.92 Å². The lowest BCUT2D eigenvalue weighted by Crippen LogP contribution is -2.35. The van der Waals surface area contributed by atoms with Crippen LogP contribution in [0.5, 0.6) is 0 Å². The summed E-state index contributed by atoms with van der Waals surface area (Å²) in [6.07, 6.45) is -3.09. The molecule has 0 aromatic rings. The molecular formula is C6H9F2NO3. The van der Waals surface area contributed by atoms with Crippen molar-refractivity contribution in [2.24, 2.45) is 5.92 Å². The van der Waals surface area contributed by atoms with Crippen molar-refractivity contribution in [3.05, 3.63) is 0 Å². The van der Waals surface area contributed by atoms with Gasteiger partial charge >= 0.3 is 12.4 Å². The molecule has 0 bridgehead atoms. The van der Waals surface area contributed by atoms with Gasteiger partial charge < -0.3 is 10.4 Å². The maximum Gasteiger partial charge on any atom is 0.315 e. The van der Waals surface area contributed by atoms with Crippen molar-refractivity contribution in [2.45, 2.75) is 13.3 Å². The molecule has 12 heavy (non-hydrogen) atoms. The van der Waals surface area contributed by atoms with Gasteiger partial charge in [0.2, 0.25) is 0 Å². The summed E-state index contributed by atoms with van der Waals surface area (Å²) >= 11 is 0. The minimum absolute atomic E-state index is 0.279. The minimum Gasteiger partial charge on any atom is -0.481 e. The number of hydrogen-bond acceptors (Lipinski definition) is 2. The van der Waals surface area contributed by atoms with Crippen LogP contribution in [-0.4, -0.2) is 30.0 Å². The highest BCUT2D eigenvalue weighted by Gasteiger charge is 2.17. The Bertz CT molecular complexity index is 184. The van der Waals surface area contributed by atoms with E-state index in [2.05, 4.69) is 0 Å². The number of carboxylic acids is 1. The zero-order valence-corrected chi connectivity index (χ0v) is 6.38. The van der Waals surface area contributed by atoms with Gasteiger partial charge in [-0.1, -0.05) is 6.92 Å². The Labute approximate surface area is 67.6 Å². The third-order valence-electron chi connectivity index (χ3n) is 1.20. The molecule has 0 spiro atoms. The second-order valence-electron chi connectivity index (χ2n) is 2.29. The molecule has 0 aromatic heterocycles. The van der Waals surface area contributed by atoms with Crippen LogP contribution in [0.15, 0.2) is 0 Å². The average Bonchev–Trinajstić information content (AvgIpc) is 1.98. The van der Waals surface area contributed by atoms with E-state index in [-0.39, 0.29) is 6.54 Å². The van der Waals surface area contributed by atoms with Gasteiger partial charge in [-0.25, -0.2) is 0 Å². The van der Waals surface area contributed by atoms with Crippen molar-refractivity contribution in [3.63, 3.8) is 0 Å². The van der Waals surface area contributed by atoms with Crippen LogP contribution in [0.4, 0.5) is 8.78 Å². The van der Waals surface area contributed by atoms with Crippen LogP contribution in [0.2, 0.25) is 0 Å². The number of aliphatic carboxylic acids is 1. The van der Waals surface area contributed by atoms with Crippen molar-refractivity contribution < 1.29 is 23.5 Å². The number of rotatable bonds is 4. The predicted molar refractivity (Wildman–Crippen MR) is 35.8 cm³/mol. The summed E-state index contributed by atoms with van der Waals surface area (Å²) in [7, 11) is 0. The smallest absolute Gasteiger partial charge is 0.315 e. The quantitative estimate of drug-likeness (QED) is 0.645. The molecule has 1 atom stereocenters. The summed E-state index contributed by atoms with van der Waals surface area (Å²) in [5, 5.41) is 10.1. The molecule has 0 saturated carbocycles. The summed E-state index contributed by atoms with van der Waals surface area (Å²) in [5.41, 5.74) is 0. The van der Waals surface area contributed by atoms with Crippen LogP contribution in [-0.2, 0) is 9.59 Å². The molecular weight excluding hydrogens is 172 g/mol. The van der Waals surface area contributed by atoms with E-state index in [1.54, 1.807) is 5.32 Å². The van der Waals surface area contributed by atoms with Crippen molar-refractivity contribution in [2.75, 3.05) is 6.54 Å². The Morgan fingerprint density at radius 3 is 2.33 bits per heavy atom. The molecule has 0 aliphatic heterocycles. The van der Waals surface area contributed by atoms with Gasteiger partial charge in [0.15, 0.2) is 0 Å². The second kappa shape index (κ2) is 4.63. The Balaban J connectivity index is 3.69. The van der Waals surface area contributed by atoms with E-state index in [1.807, 2.05) is 0 Å². The molecule has 2 N–H and O–H groups in total. The fourth-order valence-corrected chi connectivity index (χ4v) is 0.418. The average molecular weight is 181 g/mol. The zero-order chi connectivity index (χ0) is 9.72. The molecule has 1 unspecified atom stereocenters. The van der Waals surface area contributed by atoms with Crippen LogP contribution in [0.3, 0.4) is 0 Å². The normalized spacial score (nSPS) is 12.7. The molecule has 0 heterocycles. The van der Waals surface area contributed by atoms with Crippen LogP contribution < -0.4 is 5.32 Å². The standard InChI is InChI=1S/C6H9F2NO3/c1-3(6(11)12)2-9-5(10)4(7)8/h3-4H,2H2,1H3,(H,9,10)(H,11,12). The highest BCUT2D eigenvalue weighted by atomic mass is 19.3. The lowest BCUT2D eigenvalue weighted by atomic mass is 10.2. The number of amides is 1. The molecule has 0 radical (unpaired) electrons. The molecule has 70 valence electrons. The van der Waals surface area contributed by atoms with E-state index in [9.17, 15) is 18.4 Å². The van der Waals surface area contributed by atoms with Gasteiger partial charge in [0.1, 0.15) is 0 Å². The first kappa shape index (κ1) is 10.8. The number of hydrogen-bond donors (Lipinski definition) is 2. The molecule has 0 aromatic carbocycles. The molecule has 4 nitrogen and oxygen atoms in total. The number of nitrogens with one attached hydrogen (secondary N) is 1. The number of carbonyl (C=O) groups excluding carboxylic acids is 1. The number of carbonyl (C=O) groups is 2. The second-order valence-corrected chi connectivity index (χ2v) is 2.29. The van der Waals surface area contributed by atoms with Gasteiger partial charge in [-0.15, -0.1) is 0 Å². The molecule has 1 amide bonds. The first-order chi connectivity index (χ1) is 5.45. The Morgan fingerprint density at radius 1 is 1.50 bits per heavy atom. The first-order valence-electron chi connectivity index (χ1n) is 3.23. The highest BCUT2D eigenvalue weighted by molar-refractivity contribution is 5.79. The molecule has 0 aliphatic carbocycles. The number of alkyl halides is 2. The van der Waals surface area contributed by atoms with Crippen LogP contribution >= 0.6 is 0 Å². The minimum atomic E-state index is -3.09. The van der Waals surface area contributed by atoms with Crippen molar-refractivity contribution >= 4 is 11.9 Å². The number of halogens is 2. The Hall–Kier alpha value is -1.20. The van der Waals surface area contributed by atoms with E-state index in [1.165, 1.54) is 6.92 Å². The SMILES string of the molecule is CC(CNC(=O)C(F)F)C(=O)O. The summed E-state index contributed by atoms with van der Waals surface area (Å²) < 4.78 is 23.0. The van der Waals surface area contributed by atoms with Gasteiger partial charge in [-0.2, -0.15) is 8.78 Å². The molecule has 0 fully saturated rings. The summed E-state index contributed by atoms with van der Waals surface area (Å²) in [5.74, 6) is -3.43. The fourth-order valence-electron chi connectivity index (χ4n) is 0.418. The fraction of sp³-hybridized carbons (Fsp3) is 0.667. The molecule has 0 aliphatic rings. The molecule has 0 rings (SSSR count).